The number of fused-ring (bicyclic) bond motifs is 1. The predicted molar refractivity (Wildman–Crippen MR) is 177 cm³/mol. The summed E-state index contributed by atoms with van der Waals surface area (Å²) in [7, 11) is 1.67. The van der Waals surface area contributed by atoms with Crippen LogP contribution in [0.25, 0.3) is 0 Å². The quantitative estimate of drug-likeness (QED) is 0.189. The van der Waals surface area contributed by atoms with Crippen LogP contribution >= 0.6 is 0 Å². The number of benzene rings is 3. The summed E-state index contributed by atoms with van der Waals surface area (Å²) in [5.41, 5.74) is 5.30. The number of nitrogens with zero attached hydrogens (tertiary/aromatic N) is 2. The van der Waals surface area contributed by atoms with Crippen LogP contribution in [0.3, 0.4) is 0 Å². The second-order valence-corrected chi connectivity index (χ2v) is 12.1. The highest BCUT2D eigenvalue weighted by molar-refractivity contribution is 5.96. The van der Waals surface area contributed by atoms with E-state index in [2.05, 4.69) is 24.3 Å². The van der Waals surface area contributed by atoms with Crippen LogP contribution in [0, 0.1) is 6.92 Å². The number of anilines is 1. The van der Waals surface area contributed by atoms with Crippen molar-refractivity contribution >= 4 is 17.7 Å². The zero-order valence-electron chi connectivity index (χ0n) is 27.0. The number of carbonyl (C=O) groups is 2. The molecule has 0 aromatic heterocycles. The van der Waals surface area contributed by atoms with Crippen molar-refractivity contribution in [2.45, 2.75) is 64.1 Å². The summed E-state index contributed by atoms with van der Waals surface area (Å²) in [4.78, 5) is 27.9. The smallest absolute Gasteiger partial charge is 0.407 e. The lowest BCUT2D eigenvalue weighted by atomic mass is 9.87. The molecule has 0 saturated carbocycles. The molecule has 0 bridgehead atoms. The molecule has 1 fully saturated rings. The molecule has 2 unspecified atom stereocenters. The maximum atomic E-state index is 12.7. The molecule has 1 saturated heterocycles. The van der Waals surface area contributed by atoms with Crippen molar-refractivity contribution in [3.05, 3.63) is 89.0 Å². The van der Waals surface area contributed by atoms with Crippen molar-refractivity contribution in [3.63, 3.8) is 0 Å². The number of likely N-dealkylation sites (tertiary alicyclic amines) is 1. The predicted octanol–water partition coefficient (Wildman–Crippen LogP) is 6.60. The highest BCUT2D eigenvalue weighted by Crippen LogP contribution is 2.34. The fraction of sp³-hybridized carbons (Fsp3) is 0.459. The average Bonchev–Trinajstić information content (AvgIpc) is 3.07. The standard InChI is InChI=1S/C37H46N2O7/c1-27-8-3-4-9-34(27)45-23-6-5-22-44-31-15-12-29(13-16-31)32-18-20-38(37(41)42)25-35(32)46-26-28-10-11-30-14-17-36(40)39(33(30)24-28)19-7-21-43-2/h3-4,8-13,15-16,24,32,35H,5-7,14,17-23,25-26H2,1-2H3,(H,41,42). The monoisotopic (exact) mass is 630 g/mol. The molecule has 1 N–H and O–H groups in total. The van der Waals surface area contributed by atoms with Crippen LogP contribution in [0.4, 0.5) is 10.5 Å². The Bertz CT molecular complexity index is 1440. The molecule has 2 atom stereocenters. The van der Waals surface area contributed by atoms with E-state index in [0.717, 1.165) is 65.1 Å². The Morgan fingerprint density at radius 1 is 0.935 bits per heavy atom. The van der Waals surface area contributed by atoms with Crippen molar-refractivity contribution < 1.29 is 33.6 Å². The number of piperidine rings is 1. The van der Waals surface area contributed by atoms with Crippen LogP contribution in [0.2, 0.25) is 0 Å². The zero-order chi connectivity index (χ0) is 32.3. The summed E-state index contributed by atoms with van der Waals surface area (Å²) in [5.74, 6) is 1.91. The van der Waals surface area contributed by atoms with E-state index in [4.69, 9.17) is 18.9 Å². The first-order valence-corrected chi connectivity index (χ1v) is 16.3. The molecule has 246 valence electrons. The first-order valence-electron chi connectivity index (χ1n) is 16.3. The Labute approximate surface area is 272 Å². The van der Waals surface area contributed by atoms with Gasteiger partial charge in [-0.15, -0.1) is 0 Å². The summed E-state index contributed by atoms with van der Waals surface area (Å²) in [6.07, 6.45) is 3.24. The van der Waals surface area contributed by atoms with Gasteiger partial charge >= 0.3 is 6.09 Å². The minimum Gasteiger partial charge on any atom is -0.494 e. The third kappa shape index (κ3) is 8.79. The van der Waals surface area contributed by atoms with Crippen molar-refractivity contribution in [3.8, 4) is 11.5 Å². The van der Waals surface area contributed by atoms with Gasteiger partial charge in [-0.05, 0) is 85.5 Å². The molecule has 2 aliphatic rings. The number of hydrogen-bond donors (Lipinski definition) is 1. The van der Waals surface area contributed by atoms with Crippen molar-refractivity contribution in [1.29, 1.82) is 0 Å². The van der Waals surface area contributed by atoms with Crippen LogP contribution < -0.4 is 14.4 Å². The molecule has 3 aromatic carbocycles. The lowest BCUT2D eigenvalue weighted by Gasteiger charge is -2.37. The summed E-state index contributed by atoms with van der Waals surface area (Å²) in [5, 5.41) is 9.72. The molecule has 9 heteroatoms. The zero-order valence-corrected chi connectivity index (χ0v) is 27.0. The largest absolute Gasteiger partial charge is 0.494 e. The molecule has 9 nitrogen and oxygen atoms in total. The van der Waals surface area contributed by atoms with Gasteiger partial charge in [0.1, 0.15) is 11.5 Å². The number of aryl methyl sites for hydroxylation is 2. The van der Waals surface area contributed by atoms with E-state index in [-0.39, 0.29) is 17.9 Å². The molecular formula is C37H46N2O7. The van der Waals surface area contributed by atoms with Crippen LogP contribution in [-0.4, -0.2) is 74.7 Å². The Hall–Kier alpha value is -4.08. The number of ether oxygens (including phenoxy) is 4. The van der Waals surface area contributed by atoms with Crippen molar-refractivity contribution in [1.82, 2.24) is 4.90 Å². The SMILES string of the molecule is COCCCN1C(=O)CCc2ccc(COC3CN(C(=O)O)CCC3c3ccc(OCCCCOc4ccccc4C)cc3)cc21. The number of unbranched alkanes of at least 4 members (excludes halogenated alkanes) is 1. The second kappa shape index (κ2) is 16.5. The third-order valence-electron chi connectivity index (χ3n) is 8.84. The summed E-state index contributed by atoms with van der Waals surface area (Å²) in [6.45, 7) is 5.61. The van der Waals surface area contributed by atoms with E-state index in [0.29, 0.717) is 58.9 Å². The fourth-order valence-electron chi connectivity index (χ4n) is 6.23. The van der Waals surface area contributed by atoms with E-state index in [1.54, 1.807) is 7.11 Å². The van der Waals surface area contributed by atoms with Crippen LogP contribution in [0.1, 0.15) is 60.3 Å². The molecular weight excluding hydrogens is 584 g/mol. The van der Waals surface area contributed by atoms with E-state index < -0.39 is 6.09 Å². The number of carboxylic acid groups (broad SMARTS) is 1. The van der Waals surface area contributed by atoms with Gasteiger partial charge in [-0.3, -0.25) is 4.79 Å². The van der Waals surface area contributed by atoms with Gasteiger partial charge in [0.25, 0.3) is 0 Å². The Kier molecular flexibility index (Phi) is 11.9. The first-order chi connectivity index (χ1) is 22.4. The summed E-state index contributed by atoms with van der Waals surface area (Å²) < 4.78 is 23.5. The van der Waals surface area contributed by atoms with Crippen LogP contribution in [0.15, 0.2) is 66.7 Å². The fourth-order valence-corrected chi connectivity index (χ4v) is 6.23. The maximum absolute atomic E-state index is 12.7. The lowest BCUT2D eigenvalue weighted by Crippen LogP contribution is -2.46. The molecule has 0 aliphatic carbocycles. The molecule has 0 radical (unpaired) electrons. The van der Waals surface area contributed by atoms with E-state index in [1.165, 1.54) is 4.90 Å². The lowest BCUT2D eigenvalue weighted by molar-refractivity contribution is -0.118. The maximum Gasteiger partial charge on any atom is 0.407 e. The van der Waals surface area contributed by atoms with E-state index >= 15 is 0 Å². The number of rotatable bonds is 15. The van der Waals surface area contributed by atoms with Crippen molar-refractivity contribution in [2.75, 3.05) is 51.5 Å². The Balaban J connectivity index is 1.16. The molecule has 2 amide bonds. The normalized spacial score (nSPS) is 17.9. The second-order valence-electron chi connectivity index (χ2n) is 12.1. The third-order valence-corrected chi connectivity index (χ3v) is 8.84. The number of methoxy groups -OCH3 is 1. The molecule has 5 rings (SSSR count). The van der Waals surface area contributed by atoms with Gasteiger partial charge in [0, 0.05) is 44.8 Å². The number of amides is 2. The number of para-hydroxylation sites is 1. The van der Waals surface area contributed by atoms with Gasteiger partial charge in [-0.2, -0.15) is 0 Å². The minimum atomic E-state index is -0.931. The first kappa shape index (κ1) is 33.3. The number of carbonyl (C=O) groups excluding carboxylic acids is 1. The summed E-state index contributed by atoms with van der Waals surface area (Å²) >= 11 is 0. The van der Waals surface area contributed by atoms with Gasteiger partial charge in [-0.25, -0.2) is 4.79 Å². The Morgan fingerprint density at radius 3 is 2.48 bits per heavy atom. The van der Waals surface area contributed by atoms with Crippen LogP contribution in [-0.2, 0) is 27.3 Å². The van der Waals surface area contributed by atoms with Gasteiger partial charge in [0.05, 0.1) is 32.5 Å². The summed E-state index contributed by atoms with van der Waals surface area (Å²) in [6, 6.07) is 22.3. The Morgan fingerprint density at radius 2 is 1.72 bits per heavy atom. The highest BCUT2D eigenvalue weighted by atomic mass is 16.5. The van der Waals surface area contributed by atoms with Gasteiger partial charge < -0.3 is 33.9 Å². The van der Waals surface area contributed by atoms with E-state index in [9.17, 15) is 14.7 Å². The number of hydrogen-bond acceptors (Lipinski definition) is 6. The van der Waals surface area contributed by atoms with Crippen LogP contribution in [0.5, 0.6) is 11.5 Å². The highest BCUT2D eigenvalue weighted by Gasteiger charge is 2.33. The average molecular weight is 631 g/mol. The van der Waals surface area contributed by atoms with Gasteiger partial charge in [0.2, 0.25) is 5.91 Å². The molecule has 3 aromatic rings. The van der Waals surface area contributed by atoms with E-state index in [1.807, 2.05) is 54.3 Å². The van der Waals surface area contributed by atoms with Gasteiger partial charge in [-0.1, -0.05) is 42.5 Å². The minimum absolute atomic E-state index is 0.0491. The molecule has 46 heavy (non-hydrogen) atoms. The van der Waals surface area contributed by atoms with Gasteiger partial charge in [0.15, 0.2) is 0 Å². The van der Waals surface area contributed by atoms with Crippen molar-refractivity contribution in [2.24, 2.45) is 0 Å². The molecule has 2 heterocycles. The molecule has 0 spiro atoms. The molecule has 2 aliphatic heterocycles. The topological polar surface area (TPSA) is 97.8 Å².